The van der Waals surface area contributed by atoms with Crippen molar-refractivity contribution in [1.29, 1.82) is 0 Å². The number of nitrogens with zero attached hydrogens (tertiary/aromatic N) is 3. The Morgan fingerprint density at radius 3 is 2.65 bits per heavy atom. The molecule has 0 aliphatic heterocycles. The van der Waals surface area contributed by atoms with Gasteiger partial charge in [0.25, 0.3) is 0 Å². The summed E-state index contributed by atoms with van der Waals surface area (Å²) in [4.78, 5) is 16.1. The zero-order chi connectivity index (χ0) is 17.5. The number of H-pyrrole nitrogens is 1. The van der Waals surface area contributed by atoms with Gasteiger partial charge in [0.1, 0.15) is 5.65 Å². The Kier molecular flexibility index (Phi) is 3.18. The van der Waals surface area contributed by atoms with E-state index in [-0.39, 0.29) is 5.95 Å². The maximum absolute atomic E-state index is 5.74. The van der Waals surface area contributed by atoms with Crippen LogP contribution >= 0.6 is 0 Å². The van der Waals surface area contributed by atoms with E-state index in [1.165, 1.54) is 10.8 Å². The van der Waals surface area contributed by atoms with Gasteiger partial charge in [-0.15, -0.1) is 0 Å². The van der Waals surface area contributed by atoms with Gasteiger partial charge in [0, 0.05) is 35.1 Å². The fourth-order valence-electron chi connectivity index (χ4n) is 3.36. The Bertz CT molecular complexity index is 1250. The lowest BCUT2D eigenvalue weighted by Crippen LogP contribution is -1.94. The van der Waals surface area contributed by atoms with E-state index in [1.807, 2.05) is 18.5 Å². The van der Waals surface area contributed by atoms with Crippen LogP contribution in [0.5, 0.6) is 0 Å². The predicted octanol–water partition coefficient (Wildman–Crippen LogP) is 4.42. The van der Waals surface area contributed by atoms with Crippen molar-refractivity contribution < 1.29 is 0 Å². The maximum atomic E-state index is 5.74. The lowest BCUT2D eigenvalue weighted by Gasteiger charge is -2.07. The Morgan fingerprint density at radius 2 is 1.73 bits per heavy atom. The summed E-state index contributed by atoms with van der Waals surface area (Å²) in [5.41, 5.74) is 10.5. The zero-order valence-electron chi connectivity index (χ0n) is 13.8. The van der Waals surface area contributed by atoms with Gasteiger partial charge in [-0.3, -0.25) is 0 Å². The van der Waals surface area contributed by atoms with Gasteiger partial charge >= 0.3 is 0 Å². The van der Waals surface area contributed by atoms with Crippen molar-refractivity contribution in [3.8, 4) is 22.4 Å². The summed E-state index contributed by atoms with van der Waals surface area (Å²) in [6, 6.07) is 18.7. The number of nitrogens with two attached hydrogens (primary N) is 1. The SMILES string of the molecule is Nc1nccc(-c2c[nH]c3ncc(-c4cccc5ccccc45)cc23)n1. The van der Waals surface area contributed by atoms with E-state index >= 15 is 0 Å². The molecular formula is C21H15N5. The molecule has 0 saturated heterocycles. The van der Waals surface area contributed by atoms with Gasteiger partial charge in [-0.2, -0.15) is 0 Å². The number of nitrogens with one attached hydrogen (secondary N) is 1. The topological polar surface area (TPSA) is 80.5 Å². The summed E-state index contributed by atoms with van der Waals surface area (Å²) in [5, 5.41) is 3.43. The summed E-state index contributed by atoms with van der Waals surface area (Å²) in [6.45, 7) is 0. The van der Waals surface area contributed by atoms with E-state index in [9.17, 15) is 0 Å². The monoisotopic (exact) mass is 337 g/mol. The molecule has 3 N–H and O–H groups in total. The van der Waals surface area contributed by atoms with Crippen molar-refractivity contribution in [2.75, 3.05) is 5.73 Å². The summed E-state index contributed by atoms with van der Waals surface area (Å²) < 4.78 is 0. The molecule has 0 aliphatic carbocycles. The summed E-state index contributed by atoms with van der Waals surface area (Å²) >= 11 is 0. The first-order chi connectivity index (χ1) is 12.8. The Morgan fingerprint density at radius 1 is 0.846 bits per heavy atom. The molecule has 3 aromatic heterocycles. The molecule has 2 aromatic carbocycles. The quantitative estimate of drug-likeness (QED) is 0.499. The molecule has 0 fully saturated rings. The Labute approximate surface area is 149 Å². The highest BCUT2D eigenvalue weighted by molar-refractivity contribution is 6.00. The van der Waals surface area contributed by atoms with Crippen LogP contribution in [0.2, 0.25) is 0 Å². The first-order valence-corrected chi connectivity index (χ1v) is 8.34. The number of rotatable bonds is 2. The van der Waals surface area contributed by atoms with E-state index in [2.05, 4.69) is 68.5 Å². The maximum Gasteiger partial charge on any atom is 0.220 e. The zero-order valence-corrected chi connectivity index (χ0v) is 13.8. The average Bonchev–Trinajstić information content (AvgIpc) is 3.11. The van der Waals surface area contributed by atoms with E-state index < -0.39 is 0 Å². The second-order valence-corrected chi connectivity index (χ2v) is 6.15. The van der Waals surface area contributed by atoms with Crippen molar-refractivity contribution in [3.63, 3.8) is 0 Å². The fraction of sp³-hybridized carbons (Fsp3) is 0. The Balaban J connectivity index is 1.74. The molecule has 0 bridgehead atoms. The molecule has 5 heteroatoms. The second-order valence-electron chi connectivity index (χ2n) is 6.15. The van der Waals surface area contributed by atoms with Gasteiger partial charge in [0.15, 0.2) is 0 Å². The van der Waals surface area contributed by atoms with Gasteiger partial charge in [-0.1, -0.05) is 42.5 Å². The molecule has 5 rings (SSSR count). The van der Waals surface area contributed by atoms with E-state index in [0.29, 0.717) is 0 Å². The molecule has 0 aliphatic rings. The van der Waals surface area contributed by atoms with Crippen molar-refractivity contribution in [1.82, 2.24) is 19.9 Å². The lowest BCUT2D eigenvalue weighted by molar-refractivity contribution is 1.19. The van der Waals surface area contributed by atoms with Gasteiger partial charge in [-0.05, 0) is 28.5 Å². The van der Waals surface area contributed by atoms with Crippen molar-refractivity contribution in [3.05, 3.63) is 73.2 Å². The third-order valence-corrected chi connectivity index (χ3v) is 4.58. The highest BCUT2D eigenvalue weighted by atomic mass is 15.0. The number of hydrogen-bond donors (Lipinski definition) is 2. The molecule has 3 heterocycles. The van der Waals surface area contributed by atoms with Gasteiger partial charge in [0.05, 0.1) is 5.69 Å². The molecule has 0 saturated carbocycles. The number of aromatic nitrogens is 4. The fourth-order valence-corrected chi connectivity index (χ4v) is 3.36. The van der Waals surface area contributed by atoms with E-state index in [4.69, 9.17) is 5.73 Å². The van der Waals surface area contributed by atoms with Crippen LogP contribution in [0.1, 0.15) is 0 Å². The number of pyridine rings is 1. The molecule has 5 aromatic rings. The molecular weight excluding hydrogens is 322 g/mol. The van der Waals surface area contributed by atoms with Crippen LogP contribution in [-0.2, 0) is 0 Å². The van der Waals surface area contributed by atoms with Crippen LogP contribution in [0.4, 0.5) is 5.95 Å². The van der Waals surface area contributed by atoms with Crippen LogP contribution in [0.25, 0.3) is 44.2 Å². The minimum absolute atomic E-state index is 0.259. The normalized spacial score (nSPS) is 11.2. The van der Waals surface area contributed by atoms with E-state index in [0.717, 1.165) is 33.4 Å². The molecule has 124 valence electrons. The van der Waals surface area contributed by atoms with Crippen LogP contribution in [0, 0.1) is 0 Å². The molecule has 0 amide bonds. The third-order valence-electron chi connectivity index (χ3n) is 4.58. The highest BCUT2D eigenvalue weighted by Crippen LogP contribution is 2.33. The van der Waals surface area contributed by atoms with Crippen LogP contribution in [0.15, 0.2) is 73.2 Å². The summed E-state index contributed by atoms with van der Waals surface area (Å²) in [6.07, 6.45) is 5.48. The van der Waals surface area contributed by atoms with Crippen LogP contribution in [0.3, 0.4) is 0 Å². The number of fused-ring (bicyclic) bond motifs is 2. The minimum Gasteiger partial charge on any atom is -0.368 e. The molecule has 0 spiro atoms. The third kappa shape index (κ3) is 2.29. The number of aromatic amines is 1. The lowest BCUT2D eigenvalue weighted by atomic mass is 9.98. The smallest absolute Gasteiger partial charge is 0.220 e. The number of hydrogen-bond acceptors (Lipinski definition) is 4. The molecule has 5 nitrogen and oxygen atoms in total. The minimum atomic E-state index is 0.259. The molecule has 0 atom stereocenters. The number of benzene rings is 2. The first kappa shape index (κ1) is 14.6. The molecule has 26 heavy (non-hydrogen) atoms. The van der Waals surface area contributed by atoms with Gasteiger partial charge in [-0.25, -0.2) is 15.0 Å². The highest BCUT2D eigenvalue weighted by Gasteiger charge is 2.11. The standard InChI is InChI=1S/C21H15N5/c22-21-23-9-8-19(26-21)18-12-25-20-17(18)10-14(11-24-20)16-7-3-5-13-4-1-2-6-15(13)16/h1-12H,(H,24,25)(H2,22,23,26). The van der Waals surface area contributed by atoms with Crippen molar-refractivity contribution in [2.24, 2.45) is 0 Å². The van der Waals surface area contributed by atoms with Gasteiger partial charge in [0.2, 0.25) is 5.95 Å². The number of anilines is 1. The number of nitrogen functional groups attached to an aromatic ring is 1. The van der Waals surface area contributed by atoms with Crippen molar-refractivity contribution in [2.45, 2.75) is 0 Å². The second kappa shape index (κ2) is 5.67. The van der Waals surface area contributed by atoms with Gasteiger partial charge < -0.3 is 10.7 Å². The average molecular weight is 337 g/mol. The molecule has 0 unspecified atom stereocenters. The summed E-state index contributed by atoms with van der Waals surface area (Å²) in [5.74, 6) is 0.259. The predicted molar refractivity (Wildman–Crippen MR) is 104 cm³/mol. The van der Waals surface area contributed by atoms with Crippen LogP contribution in [-0.4, -0.2) is 19.9 Å². The van der Waals surface area contributed by atoms with Crippen LogP contribution < -0.4 is 5.73 Å². The first-order valence-electron chi connectivity index (χ1n) is 8.34. The van der Waals surface area contributed by atoms with E-state index in [1.54, 1.807) is 6.20 Å². The largest absolute Gasteiger partial charge is 0.368 e. The van der Waals surface area contributed by atoms with Crippen molar-refractivity contribution >= 4 is 27.8 Å². The molecule has 0 radical (unpaired) electrons. The summed E-state index contributed by atoms with van der Waals surface area (Å²) in [7, 11) is 0. The Hall–Kier alpha value is -3.73.